The van der Waals surface area contributed by atoms with E-state index in [4.69, 9.17) is 0 Å². The maximum atomic E-state index is 2.91. The topological polar surface area (TPSA) is 6.48 Å². The van der Waals surface area contributed by atoms with Crippen molar-refractivity contribution in [2.24, 2.45) is 23.7 Å². The van der Waals surface area contributed by atoms with E-state index in [9.17, 15) is 0 Å². The standard InChI is InChI=1S/C23H34N2/c1-2-17-3-5-18(6-4-17)16-24-7-9-25(10-8-24)23-21-12-19-11-20(14-21)15-22(23)13-19/h3-6,19-23H,2,7-16H2,1H3. The number of aryl methyl sites for hydroxylation is 1. The van der Waals surface area contributed by atoms with Crippen LogP contribution >= 0.6 is 0 Å². The second-order valence-electron chi connectivity index (χ2n) is 9.40. The Bertz CT molecular complexity index is 557. The molecule has 0 N–H and O–H groups in total. The molecule has 5 aliphatic rings. The monoisotopic (exact) mass is 338 g/mol. The normalized spacial score (nSPS) is 38.4. The molecule has 0 amide bonds. The fourth-order valence-corrected chi connectivity index (χ4v) is 6.85. The summed E-state index contributed by atoms with van der Waals surface area (Å²) in [6.07, 6.45) is 8.95. The first-order valence-electron chi connectivity index (χ1n) is 10.8. The summed E-state index contributed by atoms with van der Waals surface area (Å²) in [6, 6.07) is 10.2. The minimum absolute atomic E-state index is 0.943. The second kappa shape index (κ2) is 6.70. The third-order valence-electron chi connectivity index (χ3n) is 7.84. The molecule has 25 heavy (non-hydrogen) atoms. The van der Waals surface area contributed by atoms with Crippen molar-refractivity contribution in [3.8, 4) is 0 Å². The van der Waals surface area contributed by atoms with Crippen LogP contribution in [0.4, 0.5) is 0 Å². The van der Waals surface area contributed by atoms with Crippen molar-refractivity contribution in [3.05, 3.63) is 35.4 Å². The Hall–Kier alpha value is -0.860. The molecular formula is C23H34N2. The maximum absolute atomic E-state index is 2.91. The van der Waals surface area contributed by atoms with Crippen LogP contribution in [-0.4, -0.2) is 42.0 Å². The highest BCUT2D eigenvalue weighted by Gasteiger charge is 2.50. The summed E-state index contributed by atoms with van der Waals surface area (Å²) in [5.74, 6) is 4.30. The number of piperazine rings is 1. The third-order valence-corrected chi connectivity index (χ3v) is 7.84. The molecule has 0 atom stereocenters. The van der Waals surface area contributed by atoms with E-state index in [1.165, 1.54) is 37.3 Å². The van der Waals surface area contributed by atoms with Crippen molar-refractivity contribution in [2.45, 2.75) is 58.0 Å². The average molecular weight is 339 g/mol. The molecule has 5 fully saturated rings. The zero-order chi connectivity index (χ0) is 16.8. The lowest BCUT2D eigenvalue weighted by molar-refractivity contribution is -0.0769. The zero-order valence-electron chi connectivity index (χ0n) is 15.9. The molecular weight excluding hydrogens is 304 g/mol. The van der Waals surface area contributed by atoms with Gasteiger partial charge in [0.15, 0.2) is 0 Å². The van der Waals surface area contributed by atoms with Crippen LogP contribution in [-0.2, 0) is 13.0 Å². The SMILES string of the molecule is CCc1ccc(CN2CCN(C3C4CC5CC(C4)CC3C5)CC2)cc1. The highest BCUT2D eigenvalue weighted by Crippen LogP contribution is 2.55. The van der Waals surface area contributed by atoms with E-state index in [0.29, 0.717) is 0 Å². The van der Waals surface area contributed by atoms with Crippen LogP contribution in [0, 0.1) is 23.7 Å². The van der Waals surface area contributed by atoms with Crippen LogP contribution in [0.25, 0.3) is 0 Å². The minimum atomic E-state index is 0.943. The lowest BCUT2D eigenvalue weighted by atomic mass is 9.54. The summed E-state index contributed by atoms with van der Waals surface area (Å²) in [5.41, 5.74) is 2.94. The first-order chi connectivity index (χ1) is 12.3. The minimum Gasteiger partial charge on any atom is -0.297 e. The Morgan fingerprint density at radius 3 is 1.88 bits per heavy atom. The maximum Gasteiger partial charge on any atom is 0.0234 e. The first-order valence-corrected chi connectivity index (χ1v) is 10.8. The lowest BCUT2D eigenvalue weighted by Crippen LogP contribution is -2.60. The highest BCUT2D eigenvalue weighted by atomic mass is 15.3. The Kier molecular flexibility index (Phi) is 4.38. The van der Waals surface area contributed by atoms with E-state index in [2.05, 4.69) is 41.0 Å². The summed E-state index contributed by atoms with van der Waals surface area (Å²) in [6.45, 7) is 8.51. The molecule has 4 aliphatic carbocycles. The van der Waals surface area contributed by atoms with Crippen LogP contribution in [0.3, 0.4) is 0 Å². The molecule has 136 valence electrons. The molecule has 1 aromatic rings. The van der Waals surface area contributed by atoms with Gasteiger partial charge in [-0.3, -0.25) is 9.80 Å². The van der Waals surface area contributed by atoms with Gasteiger partial charge < -0.3 is 0 Å². The number of hydrogen-bond donors (Lipinski definition) is 0. The fourth-order valence-electron chi connectivity index (χ4n) is 6.85. The molecule has 0 radical (unpaired) electrons. The van der Waals surface area contributed by atoms with Gasteiger partial charge in [-0.15, -0.1) is 0 Å². The number of benzene rings is 1. The predicted molar refractivity (Wildman–Crippen MR) is 104 cm³/mol. The van der Waals surface area contributed by atoms with Crippen LogP contribution < -0.4 is 0 Å². The highest BCUT2D eigenvalue weighted by molar-refractivity contribution is 5.22. The van der Waals surface area contributed by atoms with Crippen molar-refractivity contribution in [1.82, 2.24) is 9.80 Å². The Morgan fingerprint density at radius 1 is 0.760 bits per heavy atom. The molecule has 1 aromatic carbocycles. The summed E-state index contributed by atoms with van der Waals surface area (Å²) in [4.78, 5) is 5.58. The van der Waals surface area contributed by atoms with Gasteiger partial charge in [-0.1, -0.05) is 31.2 Å². The van der Waals surface area contributed by atoms with Gasteiger partial charge >= 0.3 is 0 Å². The molecule has 2 heteroatoms. The lowest BCUT2D eigenvalue weighted by Gasteiger charge is -2.58. The van der Waals surface area contributed by atoms with Gasteiger partial charge in [0.05, 0.1) is 0 Å². The van der Waals surface area contributed by atoms with Gasteiger partial charge in [-0.25, -0.2) is 0 Å². The van der Waals surface area contributed by atoms with Crippen LogP contribution in [0.2, 0.25) is 0 Å². The summed E-state index contributed by atoms with van der Waals surface area (Å²) < 4.78 is 0. The van der Waals surface area contributed by atoms with Crippen molar-refractivity contribution in [2.75, 3.05) is 26.2 Å². The smallest absolute Gasteiger partial charge is 0.0234 e. The third kappa shape index (κ3) is 3.17. The van der Waals surface area contributed by atoms with Crippen LogP contribution in [0.1, 0.15) is 50.2 Å². The Morgan fingerprint density at radius 2 is 1.32 bits per heavy atom. The molecule has 0 spiro atoms. The molecule has 4 saturated carbocycles. The number of hydrogen-bond acceptors (Lipinski definition) is 2. The van der Waals surface area contributed by atoms with Gasteiger partial charge in [0.2, 0.25) is 0 Å². The van der Waals surface area contributed by atoms with Gasteiger partial charge in [0, 0.05) is 38.8 Å². The van der Waals surface area contributed by atoms with Crippen molar-refractivity contribution < 1.29 is 0 Å². The fraction of sp³-hybridized carbons (Fsp3) is 0.739. The van der Waals surface area contributed by atoms with Gasteiger partial charge in [-0.2, -0.15) is 0 Å². The quantitative estimate of drug-likeness (QED) is 0.812. The van der Waals surface area contributed by atoms with Crippen molar-refractivity contribution >= 4 is 0 Å². The summed E-state index contributed by atoms with van der Waals surface area (Å²) >= 11 is 0. The van der Waals surface area contributed by atoms with Crippen molar-refractivity contribution in [3.63, 3.8) is 0 Å². The molecule has 4 bridgehead atoms. The van der Waals surface area contributed by atoms with E-state index in [1.54, 1.807) is 32.1 Å². The Balaban J connectivity index is 1.17. The van der Waals surface area contributed by atoms with Crippen LogP contribution in [0.5, 0.6) is 0 Å². The molecule has 6 rings (SSSR count). The van der Waals surface area contributed by atoms with E-state index in [-0.39, 0.29) is 0 Å². The molecule has 0 aromatic heterocycles. The summed E-state index contributed by atoms with van der Waals surface area (Å²) in [5, 5.41) is 0. The average Bonchev–Trinajstić information content (AvgIpc) is 2.63. The number of rotatable bonds is 4. The van der Waals surface area contributed by atoms with Crippen molar-refractivity contribution in [1.29, 1.82) is 0 Å². The van der Waals surface area contributed by atoms with Gasteiger partial charge in [0.25, 0.3) is 0 Å². The van der Waals surface area contributed by atoms with E-state index >= 15 is 0 Å². The van der Waals surface area contributed by atoms with Gasteiger partial charge in [0.1, 0.15) is 0 Å². The molecule has 0 unspecified atom stereocenters. The van der Waals surface area contributed by atoms with Crippen LogP contribution in [0.15, 0.2) is 24.3 Å². The van der Waals surface area contributed by atoms with E-state index < -0.39 is 0 Å². The van der Waals surface area contributed by atoms with E-state index in [1.807, 2.05) is 0 Å². The molecule has 1 heterocycles. The molecule has 1 aliphatic heterocycles. The zero-order valence-corrected chi connectivity index (χ0v) is 15.9. The largest absolute Gasteiger partial charge is 0.297 e. The van der Waals surface area contributed by atoms with E-state index in [0.717, 1.165) is 42.7 Å². The second-order valence-corrected chi connectivity index (χ2v) is 9.40. The number of nitrogens with zero attached hydrogens (tertiary/aromatic N) is 2. The molecule has 2 nitrogen and oxygen atoms in total. The summed E-state index contributed by atoms with van der Waals surface area (Å²) in [7, 11) is 0. The van der Waals surface area contributed by atoms with Gasteiger partial charge in [-0.05, 0) is 73.3 Å². The predicted octanol–water partition coefficient (Wildman–Crippen LogP) is 4.19. The molecule has 1 saturated heterocycles. The first kappa shape index (κ1) is 16.3. The Labute approximate surface area is 153 Å².